The molecule has 0 aliphatic heterocycles. The number of aromatic hydroxyl groups is 1. The minimum absolute atomic E-state index is 0.00967. The Kier molecular flexibility index (Phi) is 4.04. The quantitative estimate of drug-likeness (QED) is 0.948. The van der Waals surface area contributed by atoms with Crippen molar-refractivity contribution in [3.63, 3.8) is 0 Å². The molecule has 1 N–H and O–H groups in total. The summed E-state index contributed by atoms with van der Waals surface area (Å²) in [6, 6.07) is 11.1. The molecule has 0 saturated heterocycles. The molecule has 0 atom stereocenters. The van der Waals surface area contributed by atoms with E-state index in [1.54, 1.807) is 24.3 Å². The Labute approximate surface area is 123 Å². The van der Waals surface area contributed by atoms with Gasteiger partial charge in [-0.2, -0.15) is 0 Å². The molecular formula is C14H14ClNO3S. The third-order valence-electron chi connectivity index (χ3n) is 2.84. The zero-order valence-corrected chi connectivity index (χ0v) is 12.6. The average molecular weight is 312 g/mol. The van der Waals surface area contributed by atoms with Crippen LogP contribution in [0.25, 0.3) is 11.1 Å². The Hall–Kier alpha value is -1.56. The topological polar surface area (TPSA) is 57.6 Å². The number of benzene rings is 2. The largest absolute Gasteiger partial charge is 0.508 e. The molecule has 0 unspecified atom stereocenters. The summed E-state index contributed by atoms with van der Waals surface area (Å²) in [5, 5.41) is 9.96. The Morgan fingerprint density at radius 2 is 1.75 bits per heavy atom. The minimum atomic E-state index is -3.57. The van der Waals surface area contributed by atoms with Crippen molar-refractivity contribution in [3.05, 3.63) is 47.5 Å². The molecular weight excluding hydrogens is 298 g/mol. The van der Waals surface area contributed by atoms with Crippen LogP contribution in [0.15, 0.2) is 47.4 Å². The molecule has 0 aliphatic rings. The van der Waals surface area contributed by atoms with E-state index in [4.69, 9.17) is 11.6 Å². The lowest BCUT2D eigenvalue weighted by Crippen LogP contribution is -2.22. The lowest BCUT2D eigenvalue weighted by molar-refractivity contribution is 0.475. The number of sulfonamides is 1. The van der Waals surface area contributed by atoms with Crippen LogP contribution in [0.2, 0.25) is 5.02 Å². The maximum Gasteiger partial charge on any atom is 0.243 e. The summed E-state index contributed by atoms with van der Waals surface area (Å²) in [7, 11) is -0.625. The van der Waals surface area contributed by atoms with Crippen molar-refractivity contribution in [2.24, 2.45) is 0 Å². The van der Waals surface area contributed by atoms with E-state index < -0.39 is 10.0 Å². The molecule has 2 aromatic carbocycles. The number of hydrogen-bond donors (Lipinski definition) is 1. The summed E-state index contributed by atoms with van der Waals surface area (Å²) in [6.45, 7) is 0. The van der Waals surface area contributed by atoms with E-state index in [-0.39, 0.29) is 10.6 Å². The first-order valence-electron chi connectivity index (χ1n) is 5.84. The lowest BCUT2D eigenvalue weighted by atomic mass is 10.1. The number of nitrogens with zero attached hydrogens (tertiary/aromatic N) is 1. The van der Waals surface area contributed by atoms with Crippen molar-refractivity contribution in [1.82, 2.24) is 4.31 Å². The van der Waals surface area contributed by atoms with E-state index in [0.717, 1.165) is 4.31 Å². The molecule has 0 spiro atoms. The normalized spacial score (nSPS) is 11.8. The Morgan fingerprint density at radius 3 is 2.35 bits per heavy atom. The Balaban J connectivity index is 2.71. The van der Waals surface area contributed by atoms with Gasteiger partial charge in [-0.05, 0) is 29.8 Å². The highest BCUT2D eigenvalue weighted by atomic mass is 35.5. The van der Waals surface area contributed by atoms with Crippen molar-refractivity contribution < 1.29 is 13.5 Å². The van der Waals surface area contributed by atoms with Crippen molar-refractivity contribution in [3.8, 4) is 16.9 Å². The minimum Gasteiger partial charge on any atom is -0.508 e. The summed E-state index contributed by atoms with van der Waals surface area (Å²) in [5.41, 5.74) is 1.05. The van der Waals surface area contributed by atoms with Gasteiger partial charge in [0, 0.05) is 24.7 Å². The first-order chi connectivity index (χ1) is 9.32. The highest BCUT2D eigenvalue weighted by molar-refractivity contribution is 7.89. The second kappa shape index (κ2) is 5.44. The van der Waals surface area contributed by atoms with E-state index in [2.05, 4.69) is 0 Å². The first kappa shape index (κ1) is 14.8. The van der Waals surface area contributed by atoms with Crippen molar-refractivity contribution in [2.45, 2.75) is 4.90 Å². The monoisotopic (exact) mass is 311 g/mol. The molecule has 20 heavy (non-hydrogen) atoms. The molecule has 106 valence electrons. The van der Waals surface area contributed by atoms with Gasteiger partial charge in [-0.1, -0.05) is 29.8 Å². The third-order valence-corrected chi connectivity index (χ3v) is 4.93. The molecule has 6 heteroatoms. The fraction of sp³-hybridized carbons (Fsp3) is 0.143. The van der Waals surface area contributed by atoms with E-state index in [0.29, 0.717) is 16.1 Å². The fourth-order valence-electron chi connectivity index (χ4n) is 1.86. The second-order valence-corrected chi connectivity index (χ2v) is 7.04. The van der Waals surface area contributed by atoms with Gasteiger partial charge in [0.15, 0.2) is 0 Å². The van der Waals surface area contributed by atoms with Crippen LogP contribution >= 0.6 is 11.6 Å². The number of halogens is 1. The van der Waals surface area contributed by atoms with Gasteiger partial charge in [0.2, 0.25) is 10.0 Å². The molecule has 0 fully saturated rings. The smallest absolute Gasteiger partial charge is 0.243 e. The zero-order valence-electron chi connectivity index (χ0n) is 11.0. The van der Waals surface area contributed by atoms with E-state index in [1.807, 2.05) is 0 Å². The Morgan fingerprint density at radius 1 is 1.10 bits per heavy atom. The predicted molar refractivity (Wildman–Crippen MR) is 79.4 cm³/mol. The van der Waals surface area contributed by atoms with Crippen LogP contribution in [0.3, 0.4) is 0 Å². The SMILES string of the molecule is CN(C)S(=O)(=O)c1ccccc1-c1cc(O)cc(Cl)c1. The number of phenolic OH excluding ortho intramolecular Hbond substituents is 1. The van der Waals surface area contributed by atoms with Gasteiger partial charge in [-0.25, -0.2) is 12.7 Å². The lowest BCUT2D eigenvalue weighted by Gasteiger charge is -2.15. The molecule has 0 aromatic heterocycles. The Bertz CT molecular complexity index is 722. The number of rotatable bonds is 3. The van der Waals surface area contributed by atoms with E-state index in [9.17, 15) is 13.5 Å². The zero-order chi connectivity index (χ0) is 14.9. The van der Waals surface area contributed by atoms with Crippen molar-refractivity contribution >= 4 is 21.6 Å². The van der Waals surface area contributed by atoms with Gasteiger partial charge < -0.3 is 5.11 Å². The number of phenols is 1. The highest BCUT2D eigenvalue weighted by Gasteiger charge is 2.21. The van der Waals surface area contributed by atoms with Crippen LogP contribution in [0.1, 0.15) is 0 Å². The predicted octanol–water partition coefficient (Wildman–Crippen LogP) is 2.96. The maximum atomic E-state index is 12.3. The maximum absolute atomic E-state index is 12.3. The number of hydrogen-bond acceptors (Lipinski definition) is 3. The molecule has 4 nitrogen and oxygen atoms in total. The molecule has 0 amide bonds. The van der Waals surface area contributed by atoms with Crippen LogP contribution in [0.5, 0.6) is 5.75 Å². The van der Waals surface area contributed by atoms with Crippen LogP contribution in [-0.2, 0) is 10.0 Å². The summed E-state index contributed by atoms with van der Waals surface area (Å²) in [5.74, 6) is -0.00967. The molecule has 0 bridgehead atoms. The summed E-state index contributed by atoms with van der Waals surface area (Å²) in [6.07, 6.45) is 0. The standard InChI is InChI=1S/C14H14ClNO3S/c1-16(2)20(18,19)14-6-4-3-5-13(14)10-7-11(15)9-12(17)8-10/h3-9,17H,1-2H3. The third kappa shape index (κ3) is 2.80. The average Bonchev–Trinajstić information content (AvgIpc) is 2.37. The molecule has 0 heterocycles. The van der Waals surface area contributed by atoms with Crippen molar-refractivity contribution in [2.75, 3.05) is 14.1 Å². The van der Waals surface area contributed by atoms with Crippen molar-refractivity contribution in [1.29, 1.82) is 0 Å². The van der Waals surface area contributed by atoms with Gasteiger partial charge in [0.05, 0.1) is 4.90 Å². The van der Waals surface area contributed by atoms with Gasteiger partial charge in [-0.15, -0.1) is 0 Å². The van der Waals surface area contributed by atoms with E-state index >= 15 is 0 Å². The van der Waals surface area contributed by atoms with Crippen LogP contribution in [0, 0.1) is 0 Å². The van der Waals surface area contributed by atoms with E-state index in [1.165, 1.54) is 32.3 Å². The molecule has 0 aliphatic carbocycles. The van der Waals surface area contributed by atoms with Crippen LogP contribution in [-0.4, -0.2) is 31.9 Å². The highest BCUT2D eigenvalue weighted by Crippen LogP contribution is 2.32. The first-order valence-corrected chi connectivity index (χ1v) is 7.65. The van der Waals surface area contributed by atoms with Gasteiger partial charge in [0.25, 0.3) is 0 Å². The van der Waals surface area contributed by atoms with Gasteiger partial charge in [-0.3, -0.25) is 0 Å². The van der Waals surface area contributed by atoms with Gasteiger partial charge >= 0.3 is 0 Å². The van der Waals surface area contributed by atoms with Crippen LogP contribution < -0.4 is 0 Å². The summed E-state index contributed by atoms with van der Waals surface area (Å²) < 4.78 is 25.8. The molecule has 0 radical (unpaired) electrons. The summed E-state index contributed by atoms with van der Waals surface area (Å²) in [4.78, 5) is 0.173. The molecule has 0 saturated carbocycles. The molecule has 2 aromatic rings. The molecule has 2 rings (SSSR count). The second-order valence-electron chi connectivity index (χ2n) is 4.48. The van der Waals surface area contributed by atoms with Crippen LogP contribution in [0.4, 0.5) is 0 Å². The van der Waals surface area contributed by atoms with Gasteiger partial charge in [0.1, 0.15) is 5.75 Å². The fourth-order valence-corrected chi connectivity index (χ4v) is 3.19. The summed E-state index contributed by atoms with van der Waals surface area (Å²) >= 11 is 5.91.